The van der Waals surface area contributed by atoms with Crippen LogP contribution in [0, 0.1) is 5.82 Å². The van der Waals surface area contributed by atoms with Crippen molar-refractivity contribution in [2.45, 2.75) is 32.7 Å². The number of aryl methyl sites for hydroxylation is 2. The van der Waals surface area contributed by atoms with Crippen LogP contribution in [0.1, 0.15) is 30.4 Å². The molecule has 0 spiro atoms. The summed E-state index contributed by atoms with van der Waals surface area (Å²) in [5.41, 5.74) is 2.98. The highest BCUT2D eigenvalue weighted by atomic mass is 19.1. The fourth-order valence-corrected chi connectivity index (χ4v) is 2.47. The van der Waals surface area contributed by atoms with Crippen LogP contribution in [0.3, 0.4) is 0 Å². The molecule has 26 heavy (non-hydrogen) atoms. The number of aromatic nitrogens is 2. The normalized spacial score (nSPS) is 10.7. The van der Waals surface area contributed by atoms with Crippen LogP contribution in [0.5, 0.6) is 0 Å². The molecule has 3 aromatic rings. The zero-order chi connectivity index (χ0) is 18.4. The average molecular weight is 353 g/mol. The van der Waals surface area contributed by atoms with E-state index in [-0.39, 0.29) is 18.1 Å². The lowest BCUT2D eigenvalue weighted by Crippen LogP contribution is -2.23. The first-order chi connectivity index (χ1) is 12.6. The van der Waals surface area contributed by atoms with Crippen LogP contribution in [0.15, 0.2) is 53.1 Å². The number of amides is 1. The zero-order valence-corrected chi connectivity index (χ0v) is 14.5. The maximum absolute atomic E-state index is 12.8. The van der Waals surface area contributed by atoms with Crippen molar-refractivity contribution >= 4 is 5.91 Å². The van der Waals surface area contributed by atoms with Gasteiger partial charge in [0.25, 0.3) is 0 Å². The van der Waals surface area contributed by atoms with Gasteiger partial charge in [-0.05, 0) is 29.7 Å². The Morgan fingerprint density at radius 1 is 1.08 bits per heavy atom. The van der Waals surface area contributed by atoms with Crippen molar-refractivity contribution < 1.29 is 13.7 Å². The molecule has 0 saturated heterocycles. The van der Waals surface area contributed by atoms with E-state index in [9.17, 15) is 9.18 Å². The predicted octanol–water partition coefficient (Wildman–Crippen LogP) is 3.69. The summed E-state index contributed by atoms with van der Waals surface area (Å²) in [5.74, 6) is 0.531. The smallest absolute Gasteiger partial charge is 0.227 e. The third kappa shape index (κ3) is 4.75. The molecule has 6 heteroatoms. The van der Waals surface area contributed by atoms with Crippen molar-refractivity contribution in [3.8, 4) is 11.4 Å². The minimum Gasteiger partial charge on any atom is -0.352 e. The standard InChI is InChI=1S/C20H20FN3O2/c1-2-14-3-7-16(8-4-14)20-23-19(26-24-20)12-11-18(25)22-13-15-5-9-17(21)10-6-15/h3-10H,2,11-13H2,1H3,(H,22,25). The van der Waals surface area contributed by atoms with E-state index in [1.54, 1.807) is 12.1 Å². The van der Waals surface area contributed by atoms with E-state index < -0.39 is 0 Å². The van der Waals surface area contributed by atoms with Crippen molar-refractivity contribution in [3.05, 3.63) is 71.4 Å². The monoisotopic (exact) mass is 353 g/mol. The molecule has 0 atom stereocenters. The summed E-state index contributed by atoms with van der Waals surface area (Å²) in [6.07, 6.45) is 1.59. The molecule has 1 amide bonds. The Labute approximate surface area is 151 Å². The molecule has 1 N–H and O–H groups in total. The predicted molar refractivity (Wildman–Crippen MR) is 95.7 cm³/mol. The number of hydrogen-bond acceptors (Lipinski definition) is 4. The van der Waals surface area contributed by atoms with Crippen LogP contribution >= 0.6 is 0 Å². The van der Waals surface area contributed by atoms with E-state index in [2.05, 4.69) is 22.4 Å². The van der Waals surface area contributed by atoms with Crippen molar-refractivity contribution in [2.75, 3.05) is 0 Å². The Balaban J connectivity index is 1.49. The molecule has 1 aromatic heterocycles. The molecule has 0 unspecified atom stereocenters. The third-order valence-electron chi connectivity index (χ3n) is 4.06. The van der Waals surface area contributed by atoms with E-state index in [1.165, 1.54) is 17.7 Å². The number of nitrogens with one attached hydrogen (secondary N) is 1. The highest BCUT2D eigenvalue weighted by Gasteiger charge is 2.10. The van der Waals surface area contributed by atoms with Crippen LogP contribution in [-0.2, 0) is 24.2 Å². The molecule has 3 rings (SSSR count). The topological polar surface area (TPSA) is 68.0 Å². The van der Waals surface area contributed by atoms with Gasteiger partial charge in [0.1, 0.15) is 5.82 Å². The first-order valence-electron chi connectivity index (χ1n) is 8.57. The van der Waals surface area contributed by atoms with E-state index in [4.69, 9.17) is 4.52 Å². The molecule has 0 aliphatic rings. The third-order valence-corrected chi connectivity index (χ3v) is 4.06. The molecule has 0 aliphatic heterocycles. The van der Waals surface area contributed by atoms with Crippen LogP contribution in [0.25, 0.3) is 11.4 Å². The minimum absolute atomic E-state index is 0.124. The Kier molecular flexibility index (Phi) is 5.73. The van der Waals surface area contributed by atoms with E-state index in [0.717, 1.165) is 17.5 Å². The summed E-state index contributed by atoms with van der Waals surface area (Å²) < 4.78 is 18.1. The molecule has 134 valence electrons. The van der Waals surface area contributed by atoms with Gasteiger partial charge in [-0.25, -0.2) is 4.39 Å². The highest BCUT2D eigenvalue weighted by Crippen LogP contribution is 2.17. The lowest BCUT2D eigenvalue weighted by atomic mass is 10.1. The van der Waals surface area contributed by atoms with Gasteiger partial charge in [0.15, 0.2) is 0 Å². The first-order valence-corrected chi connectivity index (χ1v) is 8.57. The molecule has 0 radical (unpaired) electrons. The summed E-state index contributed by atoms with van der Waals surface area (Å²) >= 11 is 0. The van der Waals surface area contributed by atoms with Crippen LogP contribution < -0.4 is 5.32 Å². The Morgan fingerprint density at radius 3 is 2.46 bits per heavy atom. The fourth-order valence-electron chi connectivity index (χ4n) is 2.47. The Hall–Kier alpha value is -3.02. The second-order valence-corrected chi connectivity index (χ2v) is 5.97. The van der Waals surface area contributed by atoms with Gasteiger partial charge in [-0.2, -0.15) is 4.98 Å². The number of benzene rings is 2. The summed E-state index contributed by atoms with van der Waals surface area (Å²) in [4.78, 5) is 16.3. The molecule has 0 bridgehead atoms. The zero-order valence-electron chi connectivity index (χ0n) is 14.5. The maximum atomic E-state index is 12.8. The Morgan fingerprint density at radius 2 is 1.77 bits per heavy atom. The van der Waals surface area contributed by atoms with Gasteiger partial charge in [0, 0.05) is 24.9 Å². The van der Waals surface area contributed by atoms with Crippen molar-refractivity contribution in [3.63, 3.8) is 0 Å². The van der Waals surface area contributed by atoms with Gasteiger partial charge in [-0.3, -0.25) is 4.79 Å². The second-order valence-electron chi connectivity index (χ2n) is 5.97. The minimum atomic E-state index is -0.295. The van der Waals surface area contributed by atoms with Gasteiger partial charge in [-0.15, -0.1) is 0 Å². The lowest BCUT2D eigenvalue weighted by Gasteiger charge is -2.04. The Bertz CT molecular complexity index is 858. The van der Waals surface area contributed by atoms with E-state index >= 15 is 0 Å². The molecular formula is C20H20FN3O2. The van der Waals surface area contributed by atoms with Gasteiger partial charge in [0.2, 0.25) is 17.6 Å². The highest BCUT2D eigenvalue weighted by molar-refractivity contribution is 5.76. The number of nitrogens with zero attached hydrogens (tertiary/aromatic N) is 2. The number of rotatable bonds is 7. The largest absolute Gasteiger partial charge is 0.352 e. The summed E-state index contributed by atoms with van der Waals surface area (Å²) in [6, 6.07) is 14.0. The SMILES string of the molecule is CCc1ccc(-c2noc(CCC(=O)NCc3ccc(F)cc3)n2)cc1. The summed E-state index contributed by atoms with van der Waals surface area (Å²) in [7, 11) is 0. The molecule has 5 nitrogen and oxygen atoms in total. The van der Waals surface area contributed by atoms with Crippen molar-refractivity contribution in [1.29, 1.82) is 0 Å². The number of carbonyl (C=O) groups is 1. The molecule has 1 heterocycles. The molecule has 2 aromatic carbocycles. The van der Waals surface area contributed by atoms with Crippen LogP contribution in [0.2, 0.25) is 0 Å². The second kappa shape index (κ2) is 8.38. The van der Waals surface area contributed by atoms with Gasteiger partial charge in [0.05, 0.1) is 0 Å². The van der Waals surface area contributed by atoms with E-state index in [1.807, 2.05) is 24.3 Å². The van der Waals surface area contributed by atoms with Crippen molar-refractivity contribution in [1.82, 2.24) is 15.5 Å². The van der Waals surface area contributed by atoms with Gasteiger partial charge >= 0.3 is 0 Å². The van der Waals surface area contributed by atoms with Crippen molar-refractivity contribution in [2.24, 2.45) is 0 Å². The molecule has 0 aliphatic carbocycles. The maximum Gasteiger partial charge on any atom is 0.227 e. The number of hydrogen-bond donors (Lipinski definition) is 1. The van der Waals surface area contributed by atoms with E-state index in [0.29, 0.717) is 24.7 Å². The molecule has 0 saturated carbocycles. The number of carbonyl (C=O) groups excluding carboxylic acids is 1. The molecular weight excluding hydrogens is 333 g/mol. The summed E-state index contributed by atoms with van der Waals surface area (Å²) in [6.45, 7) is 2.46. The number of halogens is 1. The van der Waals surface area contributed by atoms with Gasteiger partial charge < -0.3 is 9.84 Å². The lowest BCUT2D eigenvalue weighted by molar-refractivity contribution is -0.121. The van der Waals surface area contributed by atoms with Crippen LogP contribution in [0.4, 0.5) is 4.39 Å². The average Bonchev–Trinajstić information content (AvgIpc) is 3.15. The van der Waals surface area contributed by atoms with Gasteiger partial charge in [-0.1, -0.05) is 48.5 Å². The quantitative estimate of drug-likeness (QED) is 0.703. The first kappa shape index (κ1) is 17.8. The molecule has 0 fully saturated rings. The van der Waals surface area contributed by atoms with Crippen LogP contribution in [-0.4, -0.2) is 16.0 Å². The summed E-state index contributed by atoms with van der Waals surface area (Å²) in [5, 5.41) is 6.76. The fraction of sp³-hybridized carbons (Fsp3) is 0.250.